The monoisotopic (exact) mass is 323 g/mol. The lowest BCUT2D eigenvalue weighted by molar-refractivity contribution is -0.142. The van der Waals surface area contributed by atoms with Gasteiger partial charge in [0, 0.05) is 23.3 Å². The summed E-state index contributed by atoms with van der Waals surface area (Å²) in [7, 11) is 0. The molecule has 0 aliphatic carbocycles. The van der Waals surface area contributed by atoms with Crippen molar-refractivity contribution in [2.45, 2.75) is 19.0 Å². The third-order valence-corrected chi connectivity index (χ3v) is 5.27. The molecule has 0 fully saturated rings. The van der Waals surface area contributed by atoms with Crippen LogP contribution in [0.3, 0.4) is 0 Å². The summed E-state index contributed by atoms with van der Waals surface area (Å²) < 4.78 is 0. The van der Waals surface area contributed by atoms with Crippen LogP contribution < -0.4 is 5.73 Å². The van der Waals surface area contributed by atoms with Gasteiger partial charge in [-0.1, -0.05) is 0 Å². The van der Waals surface area contributed by atoms with Crippen molar-refractivity contribution in [3.8, 4) is 0 Å². The molecule has 1 atom stereocenters. The summed E-state index contributed by atoms with van der Waals surface area (Å²) in [5.74, 6) is -1.37. The molecule has 2 aromatic heterocycles. The fraction of sp³-hybridized carbons (Fsp3) is 0.308. The smallest absolute Gasteiger partial charge is 0.331 e. The Morgan fingerprint density at radius 2 is 2.29 bits per heavy atom. The van der Waals surface area contributed by atoms with Gasteiger partial charge in [0.15, 0.2) is 6.04 Å². The van der Waals surface area contributed by atoms with Crippen molar-refractivity contribution < 1.29 is 14.7 Å². The Hall–Kier alpha value is -1.77. The number of carbonyl (C=O) groups is 2. The van der Waals surface area contributed by atoms with Crippen LogP contribution in [0.5, 0.6) is 0 Å². The fourth-order valence-electron chi connectivity index (χ4n) is 2.45. The SMILES string of the molecule is NCc1nc(C(=O)N2CCc3sccc3C2C(=O)O)cs1. The van der Waals surface area contributed by atoms with Crippen LogP contribution in [-0.2, 0) is 17.8 Å². The van der Waals surface area contributed by atoms with E-state index in [0.717, 1.165) is 4.88 Å². The molecule has 1 unspecified atom stereocenters. The number of nitrogens with two attached hydrogens (primary N) is 1. The highest BCUT2D eigenvalue weighted by Crippen LogP contribution is 2.34. The summed E-state index contributed by atoms with van der Waals surface area (Å²) >= 11 is 2.84. The molecule has 0 saturated heterocycles. The lowest BCUT2D eigenvalue weighted by atomic mass is 9.99. The number of aromatic nitrogens is 1. The predicted octanol–water partition coefficient (Wildman–Crippen LogP) is 1.49. The summed E-state index contributed by atoms with van der Waals surface area (Å²) in [6.45, 7) is 0.660. The van der Waals surface area contributed by atoms with E-state index in [1.807, 2.05) is 5.38 Å². The number of nitrogens with zero attached hydrogens (tertiary/aromatic N) is 2. The minimum absolute atomic E-state index is 0.269. The lowest BCUT2D eigenvalue weighted by Gasteiger charge is -2.32. The topological polar surface area (TPSA) is 96.5 Å². The number of thiophene rings is 1. The van der Waals surface area contributed by atoms with Crippen molar-refractivity contribution in [2.24, 2.45) is 5.73 Å². The predicted molar refractivity (Wildman–Crippen MR) is 79.4 cm³/mol. The highest BCUT2D eigenvalue weighted by molar-refractivity contribution is 7.10. The van der Waals surface area contributed by atoms with Crippen LogP contribution in [0.1, 0.15) is 32.0 Å². The zero-order chi connectivity index (χ0) is 15.0. The summed E-state index contributed by atoms with van der Waals surface area (Å²) in [6.07, 6.45) is 0.677. The Bertz CT molecular complexity index is 694. The second kappa shape index (κ2) is 5.55. The molecule has 21 heavy (non-hydrogen) atoms. The number of carbonyl (C=O) groups excluding carboxylic acids is 1. The number of hydrogen-bond acceptors (Lipinski definition) is 6. The maximum atomic E-state index is 12.5. The van der Waals surface area contributed by atoms with Crippen molar-refractivity contribution in [2.75, 3.05) is 6.54 Å². The molecular formula is C13H13N3O3S2. The lowest BCUT2D eigenvalue weighted by Crippen LogP contribution is -2.43. The van der Waals surface area contributed by atoms with E-state index in [-0.39, 0.29) is 18.1 Å². The largest absolute Gasteiger partial charge is 0.479 e. The van der Waals surface area contributed by atoms with Gasteiger partial charge in [-0.3, -0.25) is 4.79 Å². The van der Waals surface area contributed by atoms with E-state index in [9.17, 15) is 14.7 Å². The number of rotatable bonds is 3. The number of carboxylic acid groups (broad SMARTS) is 1. The first kappa shape index (κ1) is 14.2. The minimum Gasteiger partial charge on any atom is -0.479 e. The molecule has 3 heterocycles. The van der Waals surface area contributed by atoms with Crippen molar-refractivity contribution in [1.82, 2.24) is 9.88 Å². The van der Waals surface area contributed by atoms with Gasteiger partial charge >= 0.3 is 5.97 Å². The van der Waals surface area contributed by atoms with Crippen LogP contribution in [-0.4, -0.2) is 33.4 Å². The molecule has 110 valence electrons. The zero-order valence-electron chi connectivity index (χ0n) is 11.0. The Labute approximate surface area is 128 Å². The molecule has 0 aromatic carbocycles. The molecule has 0 spiro atoms. The van der Waals surface area contributed by atoms with Gasteiger partial charge in [0.2, 0.25) is 0 Å². The third-order valence-electron chi connectivity index (χ3n) is 3.41. The number of fused-ring (bicyclic) bond motifs is 1. The Morgan fingerprint density at radius 3 is 2.95 bits per heavy atom. The Balaban J connectivity index is 1.94. The van der Waals surface area contributed by atoms with Crippen molar-refractivity contribution in [1.29, 1.82) is 0 Å². The van der Waals surface area contributed by atoms with E-state index in [1.54, 1.807) is 11.4 Å². The molecule has 3 rings (SSSR count). The van der Waals surface area contributed by atoms with Gasteiger partial charge < -0.3 is 15.7 Å². The van der Waals surface area contributed by atoms with E-state index in [1.165, 1.54) is 27.6 Å². The highest BCUT2D eigenvalue weighted by atomic mass is 32.1. The molecule has 1 aliphatic rings. The number of thiazole rings is 1. The number of aliphatic carboxylic acids is 1. The molecule has 3 N–H and O–H groups in total. The van der Waals surface area contributed by atoms with Crippen LogP contribution in [0.2, 0.25) is 0 Å². The summed E-state index contributed by atoms with van der Waals surface area (Å²) in [4.78, 5) is 30.7. The zero-order valence-corrected chi connectivity index (χ0v) is 12.6. The van der Waals surface area contributed by atoms with Gasteiger partial charge in [0.05, 0.1) is 0 Å². The molecule has 0 bridgehead atoms. The summed E-state index contributed by atoms with van der Waals surface area (Å²) in [6, 6.07) is 0.848. The molecular weight excluding hydrogens is 310 g/mol. The number of hydrogen-bond donors (Lipinski definition) is 2. The van der Waals surface area contributed by atoms with Gasteiger partial charge in [-0.25, -0.2) is 9.78 Å². The van der Waals surface area contributed by atoms with Gasteiger partial charge in [-0.15, -0.1) is 22.7 Å². The highest BCUT2D eigenvalue weighted by Gasteiger charge is 2.37. The molecule has 0 radical (unpaired) electrons. The quantitative estimate of drug-likeness (QED) is 0.892. The first-order valence-electron chi connectivity index (χ1n) is 6.36. The van der Waals surface area contributed by atoms with E-state index in [0.29, 0.717) is 23.5 Å². The first-order chi connectivity index (χ1) is 10.1. The standard InChI is InChI=1S/C13H13N3O3S2/c14-5-10-15-8(6-21-10)12(17)16-3-1-9-7(2-4-20-9)11(16)13(18)19/h2,4,6,11H,1,3,5,14H2,(H,18,19). The fourth-order valence-corrected chi connectivity index (χ4v) is 4.00. The minimum atomic E-state index is -1.02. The van der Waals surface area contributed by atoms with E-state index in [2.05, 4.69) is 4.98 Å². The summed E-state index contributed by atoms with van der Waals surface area (Å²) in [5.41, 5.74) is 6.48. The first-order valence-corrected chi connectivity index (χ1v) is 8.12. The van der Waals surface area contributed by atoms with Crippen LogP contribution in [0.25, 0.3) is 0 Å². The average Bonchev–Trinajstić information content (AvgIpc) is 3.13. The van der Waals surface area contributed by atoms with Crippen molar-refractivity contribution >= 4 is 34.6 Å². The summed E-state index contributed by atoms with van der Waals surface area (Å²) in [5, 5.41) is 13.7. The van der Waals surface area contributed by atoms with Crippen molar-refractivity contribution in [3.63, 3.8) is 0 Å². The Kier molecular flexibility index (Phi) is 3.75. The molecule has 1 amide bonds. The maximum Gasteiger partial charge on any atom is 0.331 e. The molecule has 8 heteroatoms. The second-order valence-corrected chi connectivity index (χ2v) is 6.56. The van der Waals surface area contributed by atoms with Gasteiger partial charge in [0.1, 0.15) is 10.7 Å². The van der Waals surface area contributed by atoms with E-state index in [4.69, 9.17) is 5.73 Å². The van der Waals surface area contributed by atoms with Crippen LogP contribution in [0.15, 0.2) is 16.8 Å². The van der Waals surface area contributed by atoms with Crippen LogP contribution in [0.4, 0.5) is 0 Å². The van der Waals surface area contributed by atoms with Crippen molar-refractivity contribution in [3.05, 3.63) is 38.0 Å². The molecule has 1 aliphatic heterocycles. The second-order valence-electron chi connectivity index (χ2n) is 4.62. The number of amides is 1. The number of carboxylic acids is 1. The third kappa shape index (κ3) is 2.45. The van der Waals surface area contributed by atoms with Crippen LogP contribution >= 0.6 is 22.7 Å². The molecule has 0 saturated carbocycles. The van der Waals surface area contributed by atoms with E-state index >= 15 is 0 Å². The van der Waals surface area contributed by atoms with Crippen LogP contribution in [0, 0.1) is 0 Å². The normalized spacial score (nSPS) is 17.6. The van der Waals surface area contributed by atoms with Gasteiger partial charge in [0.25, 0.3) is 5.91 Å². The van der Waals surface area contributed by atoms with Gasteiger partial charge in [-0.05, 0) is 23.4 Å². The Morgan fingerprint density at radius 1 is 1.48 bits per heavy atom. The average molecular weight is 323 g/mol. The van der Waals surface area contributed by atoms with Gasteiger partial charge in [-0.2, -0.15) is 0 Å². The maximum absolute atomic E-state index is 12.5. The van der Waals surface area contributed by atoms with E-state index < -0.39 is 12.0 Å². The molecule has 2 aromatic rings. The molecule has 6 nitrogen and oxygen atoms in total.